The Hall–Kier alpha value is -2.21. The van der Waals surface area contributed by atoms with Gasteiger partial charge in [0.15, 0.2) is 0 Å². The third-order valence-electron chi connectivity index (χ3n) is 4.00. The minimum Gasteiger partial charge on any atom is -0.350 e. The molecule has 0 aromatic heterocycles. The molecule has 2 aliphatic heterocycles. The molecule has 3 rings (SSSR count). The molecule has 6 heteroatoms. The van der Waals surface area contributed by atoms with Crippen molar-refractivity contribution >= 4 is 17.7 Å². The number of carbonyl (C=O) groups is 3. The predicted molar refractivity (Wildman–Crippen MR) is 75.8 cm³/mol. The molecule has 3 amide bonds. The zero-order chi connectivity index (χ0) is 15.0. The van der Waals surface area contributed by atoms with E-state index in [0.29, 0.717) is 11.1 Å². The number of benzene rings is 1. The van der Waals surface area contributed by atoms with E-state index in [9.17, 15) is 14.4 Å². The molecule has 2 N–H and O–H groups in total. The standard InChI is InChI=1S/C15H17N3O3/c1-9(13(19)17-10-6-7-16-8-10)18-14(20)11-4-2-3-5-12(11)15(18)21/h2-5,9-10,16H,6-8H2,1H3,(H,17,19). The first-order valence-corrected chi connectivity index (χ1v) is 7.07. The van der Waals surface area contributed by atoms with E-state index in [1.807, 2.05) is 0 Å². The number of imide groups is 1. The maximum Gasteiger partial charge on any atom is 0.262 e. The largest absolute Gasteiger partial charge is 0.350 e. The third kappa shape index (κ3) is 2.31. The van der Waals surface area contributed by atoms with E-state index in [0.717, 1.165) is 24.4 Å². The molecule has 0 spiro atoms. The fraction of sp³-hybridized carbons (Fsp3) is 0.400. The highest BCUT2D eigenvalue weighted by Crippen LogP contribution is 2.24. The third-order valence-corrected chi connectivity index (χ3v) is 4.00. The molecule has 2 unspecified atom stereocenters. The number of nitrogens with zero attached hydrogens (tertiary/aromatic N) is 1. The summed E-state index contributed by atoms with van der Waals surface area (Å²) in [5.41, 5.74) is 0.731. The Kier molecular flexibility index (Phi) is 3.47. The van der Waals surface area contributed by atoms with E-state index in [2.05, 4.69) is 10.6 Å². The topological polar surface area (TPSA) is 78.5 Å². The van der Waals surface area contributed by atoms with Crippen LogP contribution in [0.4, 0.5) is 0 Å². The van der Waals surface area contributed by atoms with Gasteiger partial charge in [-0.3, -0.25) is 19.3 Å². The van der Waals surface area contributed by atoms with Crippen LogP contribution in [0.5, 0.6) is 0 Å². The molecule has 2 heterocycles. The van der Waals surface area contributed by atoms with Crippen molar-refractivity contribution in [1.29, 1.82) is 0 Å². The molecule has 0 radical (unpaired) electrons. The number of fused-ring (bicyclic) bond motifs is 1. The summed E-state index contributed by atoms with van der Waals surface area (Å²) in [6.07, 6.45) is 0.862. The zero-order valence-electron chi connectivity index (χ0n) is 11.8. The molecule has 6 nitrogen and oxygen atoms in total. The molecule has 110 valence electrons. The fourth-order valence-corrected chi connectivity index (χ4v) is 2.78. The fourth-order valence-electron chi connectivity index (χ4n) is 2.78. The summed E-state index contributed by atoms with van der Waals surface area (Å²) in [5.74, 6) is -1.09. The highest BCUT2D eigenvalue weighted by molar-refractivity contribution is 6.22. The van der Waals surface area contributed by atoms with Crippen molar-refractivity contribution in [3.8, 4) is 0 Å². The molecule has 0 saturated carbocycles. The van der Waals surface area contributed by atoms with Crippen molar-refractivity contribution in [3.05, 3.63) is 35.4 Å². The van der Waals surface area contributed by atoms with E-state index >= 15 is 0 Å². The van der Waals surface area contributed by atoms with Crippen LogP contribution in [0.15, 0.2) is 24.3 Å². The molecule has 1 saturated heterocycles. The van der Waals surface area contributed by atoms with Crippen LogP contribution in [0.1, 0.15) is 34.1 Å². The molecule has 1 aromatic carbocycles. The van der Waals surface area contributed by atoms with Gasteiger partial charge in [0.05, 0.1) is 11.1 Å². The number of amides is 3. The second-order valence-corrected chi connectivity index (χ2v) is 5.40. The van der Waals surface area contributed by atoms with E-state index in [4.69, 9.17) is 0 Å². The first-order valence-electron chi connectivity index (χ1n) is 7.07. The van der Waals surface area contributed by atoms with Gasteiger partial charge in [0, 0.05) is 12.6 Å². The lowest BCUT2D eigenvalue weighted by Crippen LogP contribution is -2.50. The van der Waals surface area contributed by atoms with Crippen LogP contribution in [0, 0.1) is 0 Å². The Bertz CT molecular complexity index is 573. The summed E-state index contributed by atoms with van der Waals surface area (Å²) in [6.45, 7) is 3.17. The predicted octanol–water partition coefficient (Wildman–Crippen LogP) is 0.149. The number of carbonyl (C=O) groups excluding carboxylic acids is 3. The van der Waals surface area contributed by atoms with E-state index in [-0.39, 0.29) is 11.9 Å². The van der Waals surface area contributed by atoms with Crippen LogP contribution in [0.2, 0.25) is 0 Å². The quantitative estimate of drug-likeness (QED) is 0.776. The summed E-state index contributed by atoms with van der Waals surface area (Å²) in [4.78, 5) is 37.9. The second kappa shape index (κ2) is 5.29. The Morgan fingerprint density at radius 2 is 1.90 bits per heavy atom. The summed E-state index contributed by atoms with van der Waals surface area (Å²) in [5, 5.41) is 6.03. The average molecular weight is 287 g/mol. The summed E-state index contributed by atoms with van der Waals surface area (Å²) in [7, 11) is 0. The minimum absolute atomic E-state index is 0.0649. The smallest absolute Gasteiger partial charge is 0.262 e. The van der Waals surface area contributed by atoms with Crippen molar-refractivity contribution in [2.45, 2.75) is 25.4 Å². The van der Waals surface area contributed by atoms with Gasteiger partial charge >= 0.3 is 0 Å². The van der Waals surface area contributed by atoms with Gasteiger partial charge in [0.25, 0.3) is 11.8 Å². The molecule has 2 aliphatic rings. The van der Waals surface area contributed by atoms with Crippen LogP contribution in [-0.2, 0) is 4.79 Å². The van der Waals surface area contributed by atoms with E-state index in [1.165, 1.54) is 0 Å². The van der Waals surface area contributed by atoms with Crippen LogP contribution in [-0.4, -0.2) is 47.8 Å². The molecular weight excluding hydrogens is 270 g/mol. The monoisotopic (exact) mass is 287 g/mol. The van der Waals surface area contributed by atoms with Gasteiger partial charge in [0.1, 0.15) is 6.04 Å². The van der Waals surface area contributed by atoms with Crippen molar-refractivity contribution < 1.29 is 14.4 Å². The maximum absolute atomic E-state index is 12.3. The van der Waals surface area contributed by atoms with Crippen molar-refractivity contribution in [3.63, 3.8) is 0 Å². The van der Waals surface area contributed by atoms with Gasteiger partial charge in [0.2, 0.25) is 5.91 Å². The van der Waals surface area contributed by atoms with Crippen LogP contribution in [0.25, 0.3) is 0 Å². The molecule has 21 heavy (non-hydrogen) atoms. The van der Waals surface area contributed by atoms with Gasteiger partial charge in [-0.2, -0.15) is 0 Å². The van der Waals surface area contributed by atoms with Crippen LogP contribution >= 0.6 is 0 Å². The molecule has 2 atom stereocenters. The number of hydrogen-bond donors (Lipinski definition) is 2. The van der Waals surface area contributed by atoms with Crippen LogP contribution < -0.4 is 10.6 Å². The first kappa shape index (κ1) is 13.8. The molecule has 1 aromatic rings. The SMILES string of the molecule is CC(C(=O)NC1CCNC1)N1C(=O)c2ccccc2C1=O. The second-order valence-electron chi connectivity index (χ2n) is 5.40. The Morgan fingerprint density at radius 1 is 1.29 bits per heavy atom. The highest BCUT2D eigenvalue weighted by atomic mass is 16.2. The van der Waals surface area contributed by atoms with Gasteiger partial charge < -0.3 is 10.6 Å². The summed E-state index contributed by atoms with van der Waals surface area (Å²) >= 11 is 0. The Morgan fingerprint density at radius 3 is 2.43 bits per heavy atom. The highest BCUT2D eigenvalue weighted by Gasteiger charge is 2.40. The van der Waals surface area contributed by atoms with Gasteiger partial charge in [-0.1, -0.05) is 12.1 Å². The van der Waals surface area contributed by atoms with E-state index < -0.39 is 17.9 Å². The lowest BCUT2D eigenvalue weighted by Gasteiger charge is -2.23. The van der Waals surface area contributed by atoms with Crippen LogP contribution in [0.3, 0.4) is 0 Å². The molecular formula is C15H17N3O3. The van der Waals surface area contributed by atoms with Gasteiger partial charge in [-0.25, -0.2) is 0 Å². The van der Waals surface area contributed by atoms with E-state index in [1.54, 1.807) is 31.2 Å². The summed E-state index contributed by atoms with van der Waals surface area (Å²) in [6, 6.07) is 5.90. The van der Waals surface area contributed by atoms with Crippen molar-refractivity contribution in [2.24, 2.45) is 0 Å². The Labute approximate surface area is 122 Å². The zero-order valence-corrected chi connectivity index (χ0v) is 11.8. The van der Waals surface area contributed by atoms with Crippen molar-refractivity contribution in [2.75, 3.05) is 13.1 Å². The number of nitrogens with one attached hydrogen (secondary N) is 2. The number of hydrogen-bond acceptors (Lipinski definition) is 4. The Balaban J connectivity index is 1.76. The summed E-state index contributed by atoms with van der Waals surface area (Å²) < 4.78 is 0. The maximum atomic E-state index is 12.3. The lowest BCUT2D eigenvalue weighted by atomic mass is 10.1. The molecule has 0 bridgehead atoms. The normalized spacial score (nSPS) is 22.3. The minimum atomic E-state index is -0.807. The lowest BCUT2D eigenvalue weighted by molar-refractivity contribution is -0.125. The van der Waals surface area contributed by atoms with Gasteiger partial charge in [-0.05, 0) is 32.0 Å². The first-order chi connectivity index (χ1) is 10.1. The average Bonchev–Trinajstić information content (AvgIpc) is 3.07. The number of rotatable bonds is 3. The van der Waals surface area contributed by atoms with Gasteiger partial charge in [-0.15, -0.1) is 0 Å². The molecule has 0 aliphatic carbocycles. The van der Waals surface area contributed by atoms with Crippen molar-refractivity contribution in [1.82, 2.24) is 15.5 Å². The molecule has 1 fully saturated rings.